The molecule has 0 unspecified atom stereocenters. The Balaban J connectivity index is 2.37. The average molecular weight is 370 g/mol. The normalized spacial score (nSPS) is 10.5. The zero-order valence-electron chi connectivity index (χ0n) is 10.7. The van der Waals surface area contributed by atoms with Gasteiger partial charge in [-0.3, -0.25) is 0 Å². The van der Waals surface area contributed by atoms with Gasteiger partial charge in [-0.15, -0.1) is 11.8 Å². The van der Waals surface area contributed by atoms with Crippen molar-refractivity contribution < 1.29 is 9.90 Å². The van der Waals surface area contributed by atoms with Crippen LogP contribution in [0.15, 0.2) is 55.8 Å². The highest BCUT2D eigenvalue weighted by Gasteiger charge is 2.16. The summed E-state index contributed by atoms with van der Waals surface area (Å²) in [7, 11) is 0. The third-order valence-corrected chi connectivity index (χ3v) is 4.84. The van der Waals surface area contributed by atoms with E-state index in [-0.39, 0.29) is 0 Å². The smallest absolute Gasteiger partial charge is 0.337 e. The van der Waals surface area contributed by atoms with Gasteiger partial charge in [-0.1, -0.05) is 24.8 Å². The molecule has 1 aromatic heterocycles. The van der Waals surface area contributed by atoms with Crippen molar-refractivity contribution in [3.63, 3.8) is 0 Å². The highest BCUT2D eigenvalue weighted by atomic mass is 79.9. The Morgan fingerprint density at radius 2 is 2.05 bits per heavy atom. The second kappa shape index (κ2) is 7.15. The number of benzene rings is 1. The first-order valence-corrected chi connectivity index (χ1v) is 8.50. The monoisotopic (exact) mass is 369 g/mol. The number of nitrogens with zero attached hydrogens (tertiary/aromatic N) is 1. The fourth-order valence-corrected chi connectivity index (χ4v) is 3.66. The summed E-state index contributed by atoms with van der Waals surface area (Å²) < 4.78 is 0.899. The minimum Gasteiger partial charge on any atom is -0.478 e. The summed E-state index contributed by atoms with van der Waals surface area (Å²) in [6.07, 6.45) is 1.70. The third kappa shape index (κ3) is 3.77. The maximum Gasteiger partial charge on any atom is 0.337 e. The van der Waals surface area contributed by atoms with Gasteiger partial charge in [-0.05, 0) is 45.9 Å². The molecule has 2 aromatic rings. The molecule has 0 fully saturated rings. The van der Waals surface area contributed by atoms with Crippen LogP contribution in [0.3, 0.4) is 0 Å². The summed E-state index contributed by atoms with van der Waals surface area (Å²) in [5, 5.41) is 10.2. The standard InChI is InChI=1S/C14H12BrNO2S2/c1-2-19-10-4-3-5-11(13(10)14(17)18)20-12-7-6-9(15)8-16-12/h3-8H,2H2,1H3,(H,17,18). The second-order valence-electron chi connectivity index (χ2n) is 3.78. The number of carbonyl (C=O) groups is 1. The van der Waals surface area contributed by atoms with Gasteiger partial charge in [0.2, 0.25) is 0 Å². The van der Waals surface area contributed by atoms with E-state index < -0.39 is 5.97 Å². The third-order valence-electron chi connectivity index (χ3n) is 2.42. The van der Waals surface area contributed by atoms with Crippen LogP contribution in [-0.2, 0) is 0 Å². The number of rotatable bonds is 5. The predicted molar refractivity (Wildman–Crippen MR) is 85.9 cm³/mol. The molecule has 1 N–H and O–H groups in total. The van der Waals surface area contributed by atoms with Crippen molar-refractivity contribution in [1.82, 2.24) is 4.98 Å². The molecular weight excluding hydrogens is 358 g/mol. The summed E-state index contributed by atoms with van der Waals surface area (Å²) in [6, 6.07) is 9.29. The van der Waals surface area contributed by atoms with Crippen LogP contribution in [0.1, 0.15) is 17.3 Å². The maximum atomic E-state index is 11.5. The first kappa shape index (κ1) is 15.4. The van der Waals surface area contributed by atoms with E-state index in [2.05, 4.69) is 20.9 Å². The van der Waals surface area contributed by atoms with E-state index in [1.165, 1.54) is 23.5 Å². The zero-order chi connectivity index (χ0) is 14.5. The maximum absolute atomic E-state index is 11.5. The quantitative estimate of drug-likeness (QED) is 0.766. The summed E-state index contributed by atoms with van der Waals surface area (Å²) >= 11 is 6.23. The molecule has 0 atom stereocenters. The van der Waals surface area contributed by atoms with Crippen molar-refractivity contribution in [2.45, 2.75) is 21.7 Å². The van der Waals surface area contributed by atoms with Crippen LogP contribution in [-0.4, -0.2) is 21.8 Å². The van der Waals surface area contributed by atoms with Gasteiger partial charge in [-0.25, -0.2) is 9.78 Å². The highest BCUT2D eigenvalue weighted by Crippen LogP contribution is 2.34. The van der Waals surface area contributed by atoms with Crippen molar-refractivity contribution in [1.29, 1.82) is 0 Å². The number of aromatic nitrogens is 1. The number of halogens is 1. The Kier molecular flexibility index (Phi) is 5.51. The topological polar surface area (TPSA) is 50.2 Å². The Bertz CT molecular complexity index is 617. The largest absolute Gasteiger partial charge is 0.478 e. The molecule has 2 rings (SSSR count). The molecule has 6 heteroatoms. The molecule has 0 aliphatic heterocycles. The number of hydrogen-bond acceptors (Lipinski definition) is 4. The minimum absolute atomic E-state index is 0.356. The Hall–Kier alpha value is -0.980. The molecular formula is C14H12BrNO2S2. The van der Waals surface area contributed by atoms with Crippen LogP contribution in [0.4, 0.5) is 0 Å². The van der Waals surface area contributed by atoms with E-state index in [0.29, 0.717) is 10.5 Å². The van der Waals surface area contributed by atoms with E-state index in [1.54, 1.807) is 6.20 Å². The van der Waals surface area contributed by atoms with Gasteiger partial charge in [0, 0.05) is 20.5 Å². The number of pyridine rings is 1. The first-order valence-electron chi connectivity index (χ1n) is 5.90. The molecule has 20 heavy (non-hydrogen) atoms. The van der Waals surface area contributed by atoms with E-state index >= 15 is 0 Å². The lowest BCUT2D eigenvalue weighted by Gasteiger charge is -2.09. The van der Waals surface area contributed by atoms with Gasteiger partial charge in [0.25, 0.3) is 0 Å². The predicted octanol–water partition coefficient (Wildman–Crippen LogP) is 4.81. The number of carboxylic acid groups (broad SMARTS) is 1. The van der Waals surface area contributed by atoms with Gasteiger partial charge >= 0.3 is 5.97 Å². The van der Waals surface area contributed by atoms with Crippen LogP contribution in [0.25, 0.3) is 0 Å². The molecule has 104 valence electrons. The molecule has 0 aliphatic rings. The van der Waals surface area contributed by atoms with Crippen LogP contribution < -0.4 is 0 Å². The van der Waals surface area contributed by atoms with Gasteiger partial charge in [0.1, 0.15) is 5.03 Å². The highest BCUT2D eigenvalue weighted by molar-refractivity contribution is 9.10. The molecule has 0 spiro atoms. The summed E-state index contributed by atoms with van der Waals surface area (Å²) in [6.45, 7) is 2.01. The average Bonchev–Trinajstić information content (AvgIpc) is 2.41. The van der Waals surface area contributed by atoms with Gasteiger partial charge in [0.05, 0.1) is 5.56 Å². The fraction of sp³-hybridized carbons (Fsp3) is 0.143. The minimum atomic E-state index is -0.902. The van der Waals surface area contributed by atoms with Crippen molar-refractivity contribution in [3.05, 3.63) is 46.6 Å². The zero-order valence-corrected chi connectivity index (χ0v) is 13.9. The molecule has 0 aliphatic carbocycles. The van der Waals surface area contributed by atoms with E-state index in [1.807, 2.05) is 37.3 Å². The van der Waals surface area contributed by atoms with E-state index in [0.717, 1.165) is 20.1 Å². The van der Waals surface area contributed by atoms with Gasteiger partial charge < -0.3 is 5.11 Å². The second-order valence-corrected chi connectivity index (χ2v) is 7.07. The number of carboxylic acids is 1. The van der Waals surface area contributed by atoms with Gasteiger partial charge in [0.15, 0.2) is 0 Å². The van der Waals surface area contributed by atoms with Crippen molar-refractivity contribution in [2.24, 2.45) is 0 Å². The van der Waals surface area contributed by atoms with E-state index in [4.69, 9.17) is 0 Å². The number of hydrogen-bond donors (Lipinski definition) is 1. The summed E-state index contributed by atoms with van der Waals surface area (Å²) in [4.78, 5) is 17.3. The first-order chi connectivity index (χ1) is 9.61. The van der Waals surface area contributed by atoms with Crippen molar-refractivity contribution in [3.8, 4) is 0 Å². The fourth-order valence-electron chi connectivity index (χ4n) is 1.62. The molecule has 0 bridgehead atoms. The SMILES string of the molecule is CCSc1cccc(Sc2ccc(Br)cn2)c1C(=O)O. The molecule has 0 saturated heterocycles. The van der Waals surface area contributed by atoms with Crippen LogP contribution in [0.2, 0.25) is 0 Å². The molecule has 0 saturated carbocycles. The van der Waals surface area contributed by atoms with E-state index in [9.17, 15) is 9.90 Å². The molecule has 3 nitrogen and oxygen atoms in total. The van der Waals surface area contributed by atoms with Crippen LogP contribution >= 0.6 is 39.5 Å². The lowest BCUT2D eigenvalue weighted by Crippen LogP contribution is -2.01. The molecule has 1 heterocycles. The summed E-state index contributed by atoms with van der Waals surface area (Å²) in [5.74, 6) is -0.0635. The number of aromatic carboxylic acids is 1. The molecule has 0 radical (unpaired) electrons. The lowest BCUT2D eigenvalue weighted by atomic mass is 10.2. The summed E-state index contributed by atoms with van der Waals surface area (Å²) in [5.41, 5.74) is 0.356. The van der Waals surface area contributed by atoms with Crippen LogP contribution in [0.5, 0.6) is 0 Å². The van der Waals surface area contributed by atoms with Crippen molar-refractivity contribution in [2.75, 3.05) is 5.75 Å². The molecule has 0 amide bonds. The lowest BCUT2D eigenvalue weighted by molar-refractivity contribution is 0.0689. The molecule has 1 aromatic carbocycles. The Morgan fingerprint density at radius 1 is 1.30 bits per heavy atom. The van der Waals surface area contributed by atoms with Gasteiger partial charge in [-0.2, -0.15) is 0 Å². The Labute approximate surface area is 134 Å². The number of thioether (sulfide) groups is 1. The van der Waals surface area contributed by atoms with Crippen molar-refractivity contribution >= 4 is 45.4 Å². The Morgan fingerprint density at radius 3 is 2.65 bits per heavy atom. The van der Waals surface area contributed by atoms with Crippen LogP contribution in [0, 0.1) is 0 Å².